The highest BCUT2D eigenvalue weighted by molar-refractivity contribution is 5.60. The first-order valence-corrected chi connectivity index (χ1v) is 10.9. The molecule has 1 atom stereocenters. The lowest BCUT2D eigenvalue weighted by Crippen LogP contribution is -2.26. The van der Waals surface area contributed by atoms with Gasteiger partial charge in [-0.1, -0.05) is 30.3 Å². The molecule has 0 radical (unpaired) electrons. The number of halogens is 5. The van der Waals surface area contributed by atoms with E-state index in [0.29, 0.717) is 18.3 Å². The Bertz CT molecular complexity index is 1370. The third kappa shape index (κ3) is 4.59. The van der Waals surface area contributed by atoms with Gasteiger partial charge in [-0.05, 0) is 24.6 Å². The van der Waals surface area contributed by atoms with Crippen LogP contribution in [0.2, 0.25) is 0 Å². The van der Waals surface area contributed by atoms with E-state index in [1.54, 1.807) is 37.3 Å². The fourth-order valence-corrected chi connectivity index (χ4v) is 4.01. The van der Waals surface area contributed by atoms with Crippen LogP contribution in [0.25, 0.3) is 5.69 Å². The zero-order valence-electron chi connectivity index (χ0n) is 18.8. The van der Waals surface area contributed by atoms with Crippen molar-refractivity contribution in [2.75, 3.05) is 17.0 Å². The second-order valence-electron chi connectivity index (χ2n) is 8.14. The van der Waals surface area contributed by atoms with E-state index >= 15 is 0 Å². The summed E-state index contributed by atoms with van der Waals surface area (Å²) in [5.41, 5.74) is -0.200. The van der Waals surface area contributed by atoms with E-state index in [1.165, 1.54) is 17.1 Å². The molecule has 0 bridgehead atoms. The van der Waals surface area contributed by atoms with Gasteiger partial charge in [0.2, 0.25) is 5.95 Å². The van der Waals surface area contributed by atoms with Gasteiger partial charge < -0.3 is 9.88 Å². The molecule has 0 spiro atoms. The van der Waals surface area contributed by atoms with Crippen molar-refractivity contribution in [2.45, 2.75) is 25.6 Å². The number of hydroxylamine groups is 1. The molecule has 1 aliphatic heterocycles. The van der Waals surface area contributed by atoms with E-state index in [9.17, 15) is 22.0 Å². The molecule has 1 fully saturated rings. The molecule has 1 N–H and O–H groups in total. The van der Waals surface area contributed by atoms with Crippen molar-refractivity contribution in [1.29, 1.82) is 0 Å². The van der Waals surface area contributed by atoms with Gasteiger partial charge in [0, 0.05) is 24.5 Å². The van der Waals surface area contributed by atoms with Gasteiger partial charge in [0.05, 0.1) is 24.7 Å². The van der Waals surface area contributed by atoms with Crippen LogP contribution < -0.4 is 10.4 Å². The van der Waals surface area contributed by atoms with E-state index in [1.807, 2.05) is 0 Å². The summed E-state index contributed by atoms with van der Waals surface area (Å²) in [6.07, 6.45) is -0.972. The van der Waals surface area contributed by atoms with E-state index in [0.717, 1.165) is 22.8 Å². The topological polar surface area (TPSA) is 68.1 Å². The molecule has 5 rings (SSSR count). The summed E-state index contributed by atoms with van der Waals surface area (Å²) in [5.74, 6) is -2.61. The molecule has 1 aliphatic rings. The lowest BCUT2D eigenvalue weighted by atomic mass is 10.0. The fourth-order valence-electron chi connectivity index (χ4n) is 4.01. The van der Waals surface area contributed by atoms with Gasteiger partial charge in [0.1, 0.15) is 11.3 Å². The minimum absolute atomic E-state index is 0.0850. The van der Waals surface area contributed by atoms with Gasteiger partial charge in [0.15, 0.2) is 17.5 Å². The highest BCUT2D eigenvalue weighted by Crippen LogP contribution is 2.41. The van der Waals surface area contributed by atoms with Crippen molar-refractivity contribution < 1.29 is 26.8 Å². The Kier molecular flexibility index (Phi) is 6.04. The van der Waals surface area contributed by atoms with Gasteiger partial charge in [-0.15, -0.1) is 0 Å². The molecule has 12 heteroatoms. The van der Waals surface area contributed by atoms with Crippen molar-refractivity contribution in [2.24, 2.45) is 0 Å². The van der Waals surface area contributed by atoms with Crippen LogP contribution in [0.1, 0.15) is 29.3 Å². The predicted molar refractivity (Wildman–Crippen MR) is 121 cm³/mol. The Morgan fingerprint density at radius 1 is 1.06 bits per heavy atom. The summed E-state index contributed by atoms with van der Waals surface area (Å²) in [6, 6.07) is 10.4. The maximum Gasteiger partial charge on any atom is 0.421 e. The number of hydrogen-bond donors (Lipinski definition) is 1. The number of imidazole rings is 1. The van der Waals surface area contributed by atoms with E-state index in [-0.39, 0.29) is 23.9 Å². The SMILES string of the molecule is Cc1cn(-c2c(F)cc(Nc3ncc(C(F)(F)F)c(N4OCC[C@H]4c4ccccc4)n3)cc2F)cn1. The first-order valence-electron chi connectivity index (χ1n) is 10.9. The van der Waals surface area contributed by atoms with Gasteiger partial charge in [-0.2, -0.15) is 18.2 Å². The minimum atomic E-state index is -4.76. The molecule has 0 aliphatic carbocycles. The number of aromatic nitrogens is 4. The van der Waals surface area contributed by atoms with Crippen LogP contribution in [0, 0.1) is 18.6 Å². The standard InChI is InChI=1S/C24H19F5N6O/c1-14-12-34(13-31-14)21-18(25)9-16(10-19(21)26)32-23-30-11-17(24(27,28)29)22(33-23)35-20(7-8-36-35)15-5-3-2-4-6-15/h2-6,9-13,20H,7-8H2,1H3,(H,30,32,33)/t20-/m0/s1. The van der Waals surface area contributed by atoms with Crippen molar-refractivity contribution >= 4 is 17.5 Å². The van der Waals surface area contributed by atoms with Gasteiger partial charge in [-0.25, -0.2) is 23.8 Å². The first-order chi connectivity index (χ1) is 17.2. The van der Waals surface area contributed by atoms with Crippen LogP contribution in [0.3, 0.4) is 0 Å². The van der Waals surface area contributed by atoms with Crippen LogP contribution in [0.15, 0.2) is 61.2 Å². The molecule has 1 saturated heterocycles. The van der Waals surface area contributed by atoms with Crippen molar-refractivity contribution in [3.8, 4) is 5.69 Å². The molecule has 0 saturated carbocycles. The third-order valence-corrected chi connectivity index (χ3v) is 5.61. The van der Waals surface area contributed by atoms with Gasteiger partial charge in [0.25, 0.3) is 0 Å². The predicted octanol–water partition coefficient (Wildman–Crippen LogP) is 5.89. The normalized spacial score (nSPS) is 15.9. The zero-order valence-corrected chi connectivity index (χ0v) is 18.8. The summed E-state index contributed by atoms with van der Waals surface area (Å²) in [7, 11) is 0. The molecular weight excluding hydrogens is 483 g/mol. The highest BCUT2D eigenvalue weighted by atomic mass is 19.4. The van der Waals surface area contributed by atoms with Crippen LogP contribution >= 0.6 is 0 Å². The maximum atomic E-state index is 14.7. The maximum absolute atomic E-state index is 14.7. The minimum Gasteiger partial charge on any atom is -0.324 e. The van der Waals surface area contributed by atoms with E-state index < -0.39 is 35.2 Å². The average molecular weight is 502 g/mol. The molecule has 36 heavy (non-hydrogen) atoms. The molecule has 0 amide bonds. The van der Waals surface area contributed by atoms with Crippen molar-refractivity contribution in [3.63, 3.8) is 0 Å². The number of benzene rings is 2. The van der Waals surface area contributed by atoms with Gasteiger partial charge in [-0.3, -0.25) is 4.84 Å². The van der Waals surface area contributed by atoms with Crippen molar-refractivity contribution in [3.05, 3.63) is 89.6 Å². The van der Waals surface area contributed by atoms with Crippen LogP contribution in [0.4, 0.5) is 39.4 Å². The number of nitrogens with zero attached hydrogens (tertiary/aromatic N) is 5. The number of alkyl halides is 3. The van der Waals surface area contributed by atoms with Crippen LogP contribution in [-0.4, -0.2) is 26.1 Å². The number of aryl methyl sites for hydroxylation is 1. The number of anilines is 3. The third-order valence-electron chi connectivity index (χ3n) is 5.61. The Morgan fingerprint density at radius 3 is 2.42 bits per heavy atom. The Balaban J connectivity index is 1.50. The zero-order chi connectivity index (χ0) is 25.4. The molecule has 4 aromatic rings. The summed E-state index contributed by atoms with van der Waals surface area (Å²) in [4.78, 5) is 17.3. The number of hydrogen-bond acceptors (Lipinski definition) is 6. The highest BCUT2D eigenvalue weighted by Gasteiger charge is 2.40. The molecule has 3 heterocycles. The Labute approximate surface area is 202 Å². The monoisotopic (exact) mass is 502 g/mol. The van der Waals surface area contributed by atoms with Crippen molar-refractivity contribution in [1.82, 2.24) is 19.5 Å². The van der Waals surface area contributed by atoms with Crippen LogP contribution in [0.5, 0.6) is 0 Å². The Morgan fingerprint density at radius 2 is 1.78 bits per heavy atom. The number of nitrogens with one attached hydrogen (secondary N) is 1. The first kappa shape index (κ1) is 23.7. The summed E-state index contributed by atoms with van der Waals surface area (Å²) < 4.78 is 72.1. The summed E-state index contributed by atoms with van der Waals surface area (Å²) >= 11 is 0. The quantitative estimate of drug-likeness (QED) is 0.343. The molecule has 186 valence electrons. The largest absolute Gasteiger partial charge is 0.421 e. The molecule has 0 unspecified atom stereocenters. The summed E-state index contributed by atoms with van der Waals surface area (Å²) in [5, 5.41) is 3.70. The Hall–Kier alpha value is -4.06. The van der Waals surface area contributed by atoms with Crippen LogP contribution in [-0.2, 0) is 11.0 Å². The van der Waals surface area contributed by atoms with Gasteiger partial charge >= 0.3 is 6.18 Å². The smallest absolute Gasteiger partial charge is 0.324 e. The number of rotatable bonds is 5. The van der Waals surface area contributed by atoms with E-state index in [4.69, 9.17) is 4.84 Å². The summed E-state index contributed by atoms with van der Waals surface area (Å²) in [6.45, 7) is 1.86. The lowest BCUT2D eigenvalue weighted by molar-refractivity contribution is -0.138. The average Bonchev–Trinajstić information content (AvgIpc) is 3.48. The second kappa shape index (κ2) is 9.19. The molecular formula is C24H19F5N6O. The lowest BCUT2D eigenvalue weighted by Gasteiger charge is -2.26. The molecule has 7 nitrogen and oxygen atoms in total. The fraction of sp³-hybridized carbons (Fsp3) is 0.208. The second-order valence-corrected chi connectivity index (χ2v) is 8.14. The molecule has 2 aromatic carbocycles. The molecule has 2 aromatic heterocycles. The van der Waals surface area contributed by atoms with E-state index in [2.05, 4.69) is 20.3 Å².